The van der Waals surface area contributed by atoms with Crippen molar-refractivity contribution in [3.8, 4) is 11.5 Å². The smallest absolute Gasteiger partial charge is 0.261 e. The molecule has 2 aliphatic heterocycles. The van der Waals surface area contributed by atoms with Gasteiger partial charge in [-0.1, -0.05) is 44.2 Å². The highest BCUT2D eigenvalue weighted by atomic mass is 16.5. The Hall–Kier alpha value is -3.87. The molecular weight excluding hydrogens is 456 g/mol. The van der Waals surface area contributed by atoms with Gasteiger partial charge in [0.05, 0.1) is 19.3 Å². The van der Waals surface area contributed by atoms with Gasteiger partial charge in [0.25, 0.3) is 11.8 Å². The maximum Gasteiger partial charge on any atom is 0.261 e. The van der Waals surface area contributed by atoms with E-state index in [1.165, 1.54) is 4.90 Å². The van der Waals surface area contributed by atoms with Crippen molar-refractivity contribution >= 4 is 28.5 Å². The third kappa shape index (κ3) is 4.53. The third-order valence-corrected chi connectivity index (χ3v) is 6.76. The minimum Gasteiger partial charge on any atom is -0.490 e. The minimum atomic E-state index is -0.308. The molecule has 3 amide bonds. The van der Waals surface area contributed by atoms with Gasteiger partial charge in [-0.15, -0.1) is 0 Å². The van der Waals surface area contributed by atoms with Gasteiger partial charge in [0.1, 0.15) is 0 Å². The van der Waals surface area contributed by atoms with Gasteiger partial charge in [-0.25, -0.2) is 0 Å². The zero-order valence-electron chi connectivity index (χ0n) is 20.6. The predicted molar refractivity (Wildman–Crippen MR) is 136 cm³/mol. The summed E-state index contributed by atoms with van der Waals surface area (Å²) in [5.41, 5.74) is 2.01. The molecular formula is C29H30N2O5. The van der Waals surface area contributed by atoms with E-state index in [0.717, 1.165) is 23.1 Å². The summed E-state index contributed by atoms with van der Waals surface area (Å²) in [6.45, 7) is 5.52. The first-order valence-electron chi connectivity index (χ1n) is 12.5. The second-order valence-electron chi connectivity index (χ2n) is 9.62. The number of imide groups is 1. The number of carbonyl (C=O) groups is 3. The fraction of sp³-hybridized carbons (Fsp3) is 0.345. The van der Waals surface area contributed by atoms with Crippen molar-refractivity contribution in [3.63, 3.8) is 0 Å². The van der Waals surface area contributed by atoms with E-state index in [4.69, 9.17) is 9.47 Å². The molecule has 0 saturated heterocycles. The Bertz CT molecular complexity index is 1280. The molecule has 36 heavy (non-hydrogen) atoms. The normalized spacial score (nSPS) is 15.7. The minimum absolute atomic E-state index is 0.125. The van der Waals surface area contributed by atoms with Crippen LogP contribution < -0.4 is 14.8 Å². The van der Waals surface area contributed by atoms with E-state index in [0.29, 0.717) is 41.9 Å². The molecule has 0 fully saturated rings. The molecule has 1 atom stereocenters. The molecule has 186 valence electrons. The fourth-order valence-electron chi connectivity index (χ4n) is 4.94. The summed E-state index contributed by atoms with van der Waals surface area (Å²) in [4.78, 5) is 40.3. The summed E-state index contributed by atoms with van der Waals surface area (Å²) >= 11 is 0. The Morgan fingerprint density at radius 3 is 2.28 bits per heavy atom. The van der Waals surface area contributed by atoms with Gasteiger partial charge in [-0.05, 0) is 47.6 Å². The number of fused-ring (bicyclic) bond motifs is 1. The monoisotopic (exact) mass is 486 g/mol. The van der Waals surface area contributed by atoms with Crippen LogP contribution in [0.4, 0.5) is 0 Å². The van der Waals surface area contributed by atoms with Crippen LogP contribution in [0.3, 0.4) is 0 Å². The molecule has 0 aromatic heterocycles. The van der Waals surface area contributed by atoms with Crippen LogP contribution in [0.2, 0.25) is 0 Å². The molecule has 1 N–H and O–H groups in total. The van der Waals surface area contributed by atoms with Crippen molar-refractivity contribution in [2.45, 2.75) is 39.2 Å². The van der Waals surface area contributed by atoms with Crippen LogP contribution in [0.5, 0.6) is 11.5 Å². The van der Waals surface area contributed by atoms with Crippen LogP contribution in [0, 0.1) is 5.92 Å². The summed E-state index contributed by atoms with van der Waals surface area (Å²) in [6, 6.07) is 16.6. The van der Waals surface area contributed by atoms with E-state index in [1.807, 2.05) is 42.5 Å². The molecule has 7 heteroatoms. The highest BCUT2D eigenvalue weighted by molar-refractivity contribution is 6.25. The van der Waals surface area contributed by atoms with Crippen LogP contribution in [-0.2, 0) is 4.79 Å². The van der Waals surface area contributed by atoms with Crippen molar-refractivity contribution in [3.05, 3.63) is 71.3 Å². The van der Waals surface area contributed by atoms with Gasteiger partial charge in [0, 0.05) is 35.9 Å². The van der Waals surface area contributed by atoms with E-state index >= 15 is 0 Å². The summed E-state index contributed by atoms with van der Waals surface area (Å²) in [5, 5.41) is 4.71. The van der Waals surface area contributed by atoms with Crippen molar-refractivity contribution in [2.24, 2.45) is 5.92 Å². The molecule has 1 unspecified atom stereocenters. The molecule has 3 aromatic carbocycles. The van der Waals surface area contributed by atoms with Gasteiger partial charge in [0.15, 0.2) is 11.5 Å². The first-order valence-corrected chi connectivity index (χ1v) is 12.5. The van der Waals surface area contributed by atoms with Crippen LogP contribution in [0.15, 0.2) is 54.6 Å². The van der Waals surface area contributed by atoms with E-state index in [2.05, 4.69) is 19.2 Å². The Morgan fingerprint density at radius 2 is 1.61 bits per heavy atom. The second-order valence-corrected chi connectivity index (χ2v) is 9.62. The highest BCUT2D eigenvalue weighted by Gasteiger charge is 2.32. The lowest BCUT2D eigenvalue weighted by Gasteiger charge is -2.27. The van der Waals surface area contributed by atoms with E-state index in [-0.39, 0.29) is 42.6 Å². The molecule has 0 radical (unpaired) electrons. The second kappa shape index (κ2) is 10.0. The third-order valence-electron chi connectivity index (χ3n) is 6.76. The number of rotatable bonds is 7. The van der Waals surface area contributed by atoms with E-state index < -0.39 is 0 Å². The fourth-order valence-corrected chi connectivity index (χ4v) is 4.94. The van der Waals surface area contributed by atoms with Gasteiger partial charge < -0.3 is 14.8 Å². The molecule has 2 aliphatic rings. The molecule has 0 saturated carbocycles. The number of ether oxygens (including phenoxy) is 2. The molecule has 2 heterocycles. The molecule has 0 aliphatic carbocycles. The SMILES string of the molecule is CC(C)C(NC(=O)CCCN1C(=O)c2cccc3cccc(c23)C1=O)c1ccc2c(c1)OCCCO2. The van der Waals surface area contributed by atoms with Gasteiger partial charge in [-0.3, -0.25) is 19.3 Å². The van der Waals surface area contributed by atoms with E-state index in [9.17, 15) is 14.4 Å². The summed E-state index contributed by atoms with van der Waals surface area (Å²) < 4.78 is 11.5. The molecule has 5 rings (SSSR count). The Balaban J connectivity index is 1.23. The number of amides is 3. The van der Waals surface area contributed by atoms with Crippen LogP contribution >= 0.6 is 0 Å². The topological polar surface area (TPSA) is 84.9 Å². The quantitative estimate of drug-likeness (QED) is 0.481. The van der Waals surface area contributed by atoms with Gasteiger partial charge in [0.2, 0.25) is 5.91 Å². The predicted octanol–water partition coefficient (Wildman–Crippen LogP) is 4.89. The Kier molecular flexibility index (Phi) is 6.63. The van der Waals surface area contributed by atoms with Crippen molar-refractivity contribution in [2.75, 3.05) is 19.8 Å². The number of nitrogens with one attached hydrogen (secondary N) is 1. The maximum absolute atomic E-state index is 13.1. The number of benzene rings is 3. The van der Waals surface area contributed by atoms with Crippen molar-refractivity contribution < 1.29 is 23.9 Å². The summed E-state index contributed by atoms with van der Waals surface area (Å²) in [7, 11) is 0. The summed E-state index contributed by atoms with van der Waals surface area (Å²) in [6.07, 6.45) is 1.42. The van der Waals surface area contributed by atoms with Gasteiger partial charge >= 0.3 is 0 Å². The average Bonchev–Trinajstić information content (AvgIpc) is 3.12. The lowest BCUT2D eigenvalue weighted by molar-refractivity contribution is -0.122. The number of carbonyl (C=O) groups excluding carboxylic acids is 3. The van der Waals surface area contributed by atoms with Crippen LogP contribution in [0.1, 0.15) is 65.4 Å². The molecule has 3 aromatic rings. The maximum atomic E-state index is 13.1. The largest absolute Gasteiger partial charge is 0.490 e. The van der Waals surface area contributed by atoms with Crippen LogP contribution in [0.25, 0.3) is 10.8 Å². The van der Waals surface area contributed by atoms with Crippen LogP contribution in [-0.4, -0.2) is 42.4 Å². The zero-order chi connectivity index (χ0) is 25.2. The van der Waals surface area contributed by atoms with Crippen molar-refractivity contribution in [1.82, 2.24) is 10.2 Å². The molecule has 0 bridgehead atoms. The molecule has 7 nitrogen and oxygen atoms in total. The summed E-state index contributed by atoms with van der Waals surface area (Å²) in [5.74, 6) is 0.829. The first kappa shape index (κ1) is 23.9. The zero-order valence-corrected chi connectivity index (χ0v) is 20.6. The number of hydrogen-bond donors (Lipinski definition) is 1. The van der Waals surface area contributed by atoms with Crippen molar-refractivity contribution in [1.29, 1.82) is 0 Å². The molecule has 0 spiro atoms. The Labute approximate surface area is 210 Å². The van der Waals surface area contributed by atoms with Gasteiger partial charge in [-0.2, -0.15) is 0 Å². The van der Waals surface area contributed by atoms with E-state index in [1.54, 1.807) is 12.1 Å². The lowest BCUT2D eigenvalue weighted by atomic mass is 9.94. The number of nitrogens with zero attached hydrogens (tertiary/aromatic N) is 1. The first-order chi connectivity index (χ1) is 17.4. The number of hydrogen-bond acceptors (Lipinski definition) is 5. The average molecular weight is 487 g/mol. The Morgan fingerprint density at radius 1 is 0.944 bits per heavy atom. The lowest BCUT2D eigenvalue weighted by Crippen LogP contribution is -2.41. The highest BCUT2D eigenvalue weighted by Crippen LogP contribution is 2.34. The standard InChI is InChI=1S/C29H30N2O5/c1-18(2)27(20-12-13-23-24(17-20)36-16-6-15-35-23)30-25(32)11-5-14-31-28(33)21-9-3-7-19-8-4-10-22(26(19)21)29(31)34/h3-4,7-10,12-13,17-18,27H,5-6,11,14-16H2,1-2H3,(H,30,32).